The lowest BCUT2D eigenvalue weighted by atomic mass is 9.85. The molecule has 0 aliphatic carbocycles. The van der Waals surface area contributed by atoms with Gasteiger partial charge < -0.3 is 19.6 Å². The molecule has 8 nitrogen and oxygen atoms in total. The normalized spacial score (nSPS) is 25.1. The summed E-state index contributed by atoms with van der Waals surface area (Å²) in [6.07, 6.45) is 1.50. The number of carbonyl (C=O) groups excluding carboxylic acids is 2. The van der Waals surface area contributed by atoms with Crippen LogP contribution in [0.3, 0.4) is 0 Å². The summed E-state index contributed by atoms with van der Waals surface area (Å²) in [6, 6.07) is 9.46. The number of aliphatic carboxylic acids is 1. The molecule has 0 bridgehead atoms. The molecular weight excluding hydrogens is 386 g/mol. The minimum Gasteiger partial charge on any atom is -0.480 e. The third-order valence-electron chi connectivity index (χ3n) is 6.76. The molecular formula is C22H31N3O5. The molecule has 2 saturated heterocycles. The number of likely N-dealkylation sites (tertiary alicyclic amines) is 1. The molecule has 30 heavy (non-hydrogen) atoms. The number of ether oxygens (including phenoxy) is 1. The van der Waals surface area contributed by atoms with Gasteiger partial charge in [0, 0.05) is 45.2 Å². The summed E-state index contributed by atoms with van der Waals surface area (Å²) in [4.78, 5) is 42.6. The van der Waals surface area contributed by atoms with Crippen LogP contribution in [0, 0.1) is 0 Å². The number of amides is 2. The highest BCUT2D eigenvalue weighted by Gasteiger charge is 2.47. The van der Waals surface area contributed by atoms with Crippen LogP contribution < -0.4 is 0 Å². The first-order chi connectivity index (χ1) is 14.2. The molecule has 2 aliphatic heterocycles. The number of carboxylic acid groups (broad SMARTS) is 1. The van der Waals surface area contributed by atoms with Crippen molar-refractivity contribution in [1.82, 2.24) is 14.7 Å². The summed E-state index contributed by atoms with van der Waals surface area (Å²) in [7, 11) is 3.57. The second-order valence-corrected chi connectivity index (χ2v) is 8.44. The highest BCUT2D eigenvalue weighted by molar-refractivity contribution is 5.86. The molecule has 2 aliphatic rings. The van der Waals surface area contributed by atoms with E-state index in [1.807, 2.05) is 42.3 Å². The van der Waals surface area contributed by atoms with Crippen molar-refractivity contribution in [2.24, 2.45) is 0 Å². The number of benzene rings is 1. The zero-order valence-electron chi connectivity index (χ0n) is 18.0. The number of carbonyl (C=O) groups is 3. The Hall–Kier alpha value is -2.45. The van der Waals surface area contributed by atoms with Crippen LogP contribution >= 0.6 is 0 Å². The maximum Gasteiger partial charge on any atom is 0.323 e. The van der Waals surface area contributed by atoms with E-state index in [0.717, 1.165) is 5.56 Å². The van der Waals surface area contributed by atoms with Gasteiger partial charge in [-0.2, -0.15) is 0 Å². The summed E-state index contributed by atoms with van der Waals surface area (Å²) < 4.78 is 5.71. The summed E-state index contributed by atoms with van der Waals surface area (Å²) >= 11 is 0. The van der Waals surface area contributed by atoms with Crippen molar-refractivity contribution in [3.05, 3.63) is 35.9 Å². The van der Waals surface area contributed by atoms with Gasteiger partial charge in [-0.25, -0.2) is 0 Å². The van der Waals surface area contributed by atoms with E-state index in [2.05, 4.69) is 4.90 Å². The highest BCUT2D eigenvalue weighted by atomic mass is 16.5. The molecule has 2 atom stereocenters. The van der Waals surface area contributed by atoms with Crippen molar-refractivity contribution >= 4 is 17.8 Å². The van der Waals surface area contributed by atoms with E-state index in [-0.39, 0.29) is 30.3 Å². The monoisotopic (exact) mass is 417 g/mol. The SMILES string of the molecule is COC(C)(C(=O)N1CCN(C)C2(CCC(=O)N(CC(=O)O)CC2)C1)c1ccccc1. The average molecular weight is 418 g/mol. The summed E-state index contributed by atoms with van der Waals surface area (Å²) in [5.74, 6) is -1.24. The van der Waals surface area contributed by atoms with Crippen LogP contribution in [0.5, 0.6) is 0 Å². The molecule has 3 rings (SSSR count). The number of hydrogen-bond donors (Lipinski definition) is 1. The Morgan fingerprint density at radius 2 is 1.87 bits per heavy atom. The molecule has 8 heteroatoms. The van der Waals surface area contributed by atoms with Gasteiger partial charge in [-0.1, -0.05) is 30.3 Å². The zero-order valence-corrected chi connectivity index (χ0v) is 18.0. The van der Waals surface area contributed by atoms with E-state index in [4.69, 9.17) is 9.84 Å². The Morgan fingerprint density at radius 1 is 1.17 bits per heavy atom. The molecule has 1 aromatic carbocycles. The summed E-state index contributed by atoms with van der Waals surface area (Å²) in [5, 5.41) is 9.10. The van der Waals surface area contributed by atoms with Gasteiger partial charge in [0.25, 0.3) is 5.91 Å². The molecule has 2 fully saturated rings. The first-order valence-electron chi connectivity index (χ1n) is 10.3. The summed E-state index contributed by atoms with van der Waals surface area (Å²) in [5.41, 5.74) is -0.648. The van der Waals surface area contributed by atoms with E-state index in [1.165, 1.54) is 4.90 Å². The second-order valence-electron chi connectivity index (χ2n) is 8.44. The lowest BCUT2D eigenvalue weighted by molar-refractivity contribution is -0.160. The van der Waals surface area contributed by atoms with Crippen molar-refractivity contribution in [3.63, 3.8) is 0 Å². The molecule has 164 valence electrons. The molecule has 2 heterocycles. The number of methoxy groups -OCH3 is 1. The maximum absolute atomic E-state index is 13.6. The van der Waals surface area contributed by atoms with Crippen molar-refractivity contribution < 1.29 is 24.2 Å². The van der Waals surface area contributed by atoms with Gasteiger partial charge in [-0.05, 0) is 32.4 Å². The topological polar surface area (TPSA) is 90.4 Å². The van der Waals surface area contributed by atoms with Crippen LogP contribution in [0.15, 0.2) is 30.3 Å². The molecule has 1 spiro atoms. The molecule has 0 aromatic heterocycles. The van der Waals surface area contributed by atoms with Crippen molar-refractivity contribution in [2.75, 3.05) is 46.9 Å². The first-order valence-corrected chi connectivity index (χ1v) is 10.3. The van der Waals surface area contributed by atoms with Crippen molar-refractivity contribution in [3.8, 4) is 0 Å². The summed E-state index contributed by atoms with van der Waals surface area (Å²) in [6.45, 7) is 3.64. The minimum atomic E-state index is -1.09. The number of hydrogen-bond acceptors (Lipinski definition) is 5. The molecule has 0 saturated carbocycles. The van der Waals surface area contributed by atoms with Gasteiger partial charge >= 0.3 is 5.97 Å². The Labute approximate surface area is 177 Å². The molecule has 1 aromatic rings. The van der Waals surface area contributed by atoms with Crippen molar-refractivity contribution in [2.45, 2.75) is 37.3 Å². The standard InChI is InChI=1S/C22H31N3O5/c1-21(30-3,17-7-5-4-6-8-17)20(29)25-14-13-23(2)22(16-25)10-9-18(26)24(12-11-22)15-19(27)28/h4-8H,9-16H2,1-3H3,(H,27,28). The number of carboxylic acids is 1. The Balaban J connectivity index is 1.82. The number of likely N-dealkylation sites (N-methyl/N-ethyl adjacent to an activating group) is 1. The third kappa shape index (κ3) is 4.20. The predicted molar refractivity (Wildman–Crippen MR) is 111 cm³/mol. The number of rotatable bonds is 5. The molecule has 2 amide bonds. The van der Waals surface area contributed by atoms with Gasteiger partial charge in [0.1, 0.15) is 6.54 Å². The highest BCUT2D eigenvalue weighted by Crippen LogP contribution is 2.35. The van der Waals surface area contributed by atoms with Crippen LogP contribution in [0.2, 0.25) is 0 Å². The van der Waals surface area contributed by atoms with Crippen LogP contribution in [0.25, 0.3) is 0 Å². The molecule has 1 N–H and O–H groups in total. The van der Waals surface area contributed by atoms with E-state index < -0.39 is 11.6 Å². The van der Waals surface area contributed by atoms with Gasteiger partial charge in [-0.15, -0.1) is 0 Å². The molecule has 2 unspecified atom stereocenters. The fraction of sp³-hybridized carbons (Fsp3) is 0.591. The zero-order chi connectivity index (χ0) is 21.9. The average Bonchev–Trinajstić information content (AvgIpc) is 2.90. The lowest BCUT2D eigenvalue weighted by Crippen LogP contribution is -2.64. The second kappa shape index (κ2) is 8.73. The van der Waals surface area contributed by atoms with Crippen molar-refractivity contribution in [1.29, 1.82) is 0 Å². The predicted octanol–water partition coefficient (Wildman–Crippen LogP) is 1.16. The van der Waals surface area contributed by atoms with Crippen LogP contribution in [-0.4, -0.2) is 90.0 Å². The number of nitrogens with zero attached hydrogens (tertiary/aromatic N) is 3. The number of piperazine rings is 1. The van der Waals surface area contributed by atoms with Gasteiger partial charge in [0.15, 0.2) is 5.60 Å². The minimum absolute atomic E-state index is 0.0957. The fourth-order valence-electron chi connectivity index (χ4n) is 4.58. The third-order valence-corrected chi connectivity index (χ3v) is 6.76. The smallest absolute Gasteiger partial charge is 0.323 e. The molecule has 0 radical (unpaired) electrons. The Kier molecular flexibility index (Phi) is 6.47. The van der Waals surface area contributed by atoms with E-state index >= 15 is 0 Å². The van der Waals surface area contributed by atoms with E-state index in [9.17, 15) is 14.4 Å². The lowest BCUT2D eigenvalue weighted by Gasteiger charge is -2.50. The van der Waals surface area contributed by atoms with Gasteiger partial charge in [0.2, 0.25) is 5.91 Å². The van der Waals surface area contributed by atoms with Gasteiger partial charge in [-0.3, -0.25) is 19.3 Å². The quantitative estimate of drug-likeness (QED) is 0.773. The van der Waals surface area contributed by atoms with E-state index in [0.29, 0.717) is 39.0 Å². The van der Waals surface area contributed by atoms with Gasteiger partial charge in [0.05, 0.1) is 0 Å². The Bertz CT molecular complexity index is 801. The van der Waals surface area contributed by atoms with Crippen LogP contribution in [0.1, 0.15) is 31.7 Å². The van der Waals surface area contributed by atoms with E-state index in [1.54, 1.807) is 14.0 Å². The largest absolute Gasteiger partial charge is 0.480 e. The van der Waals surface area contributed by atoms with Crippen LogP contribution in [0.4, 0.5) is 0 Å². The Morgan fingerprint density at radius 3 is 2.50 bits per heavy atom. The fourth-order valence-corrected chi connectivity index (χ4v) is 4.58. The van der Waals surface area contributed by atoms with Crippen LogP contribution in [-0.2, 0) is 24.7 Å². The first kappa shape index (κ1) is 22.2. The maximum atomic E-state index is 13.6.